The molecule has 0 bridgehead atoms. The molecule has 2 aromatic carbocycles. The first-order chi connectivity index (χ1) is 13.1. The molecule has 1 saturated heterocycles. The Hall–Kier alpha value is -2.66. The Kier molecular flexibility index (Phi) is 4.70. The molecule has 4 rings (SSSR count). The van der Waals surface area contributed by atoms with E-state index in [1.807, 2.05) is 25.1 Å². The van der Waals surface area contributed by atoms with E-state index in [1.165, 1.54) is 11.1 Å². The van der Waals surface area contributed by atoms with Gasteiger partial charge < -0.3 is 15.5 Å². The van der Waals surface area contributed by atoms with Crippen LogP contribution >= 0.6 is 0 Å². The molecule has 0 aliphatic carbocycles. The number of amides is 2. The highest BCUT2D eigenvalue weighted by Crippen LogP contribution is 2.31. The SMILES string of the molecule is CC1(C(=O)NCc2ccc3c(c2)CNC3)CCCN1C(=O)c1ccccc1. The van der Waals surface area contributed by atoms with Gasteiger partial charge in [-0.3, -0.25) is 9.59 Å². The molecule has 1 atom stereocenters. The van der Waals surface area contributed by atoms with Crippen molar-refractivity contribution in [1.29, 1.82) is 0 Å². The molecule has 2 heterocycles. The molecule has 2 aliphatic heterocycles. The van der Waals surface area contributed by atoms with Crippen LogP contribution in [0.2, 0.25) is 0 Å². The van der Waals surface area contributed by atoms with Gasteiger partial charge in [-0.25, -0.2) is 0 Å². The van der Waals surface area contributed by atoms with Crippen molar-refractivity contribution in [1.82, 2.24) is 15.5 Å². The normalized spacial score (nSPS) is 21.1. The van der Waals surface area contributed by atoms with Crippen molar-refractivity contribution in [3.63, 3.8) is 0 Å². The Labute approximate surface area is 159 Å². The highest BCUT2D eigenvalue weighted by molar-refractivity contribution is 5.99. The largest absolute Gasteiger partial charge is 0.350 e. The summed E-state index contributed by atoms with van der Waals surface area (Å²) < 4.78 is 0. The van der Waals surface area contributed by atoms with Crippen molar-refractivity contribution in [2.45, 2.75) is 44.9 Å². The number of rotatable bonds is 4. The molecule has 2 aliphatic rings. The molecule has 5 heteroatoms. The molecule has 1 unspecified atom stereocenters. The van der Waals surface area contributed by atoms with Gasteiger partial charge >= 0.3 is 0 Å². The van der Waals surface area contributed by atoms with Gasteiger partial charge in [0.1, 0.15) is 5.54 Å². The van der Waals surface area contributed by atoms with Crippen LogP contribution in [0, 0.1) is 0 Å². The van der Waals surface area contributed by atoms with E-state index in [0.29, 0.717) is 25.1 Å². The third-order valence-corrected chi connectivity index (χ3v) is 5.75. The summed E-state index contributed by atoms with van der Waals surface area (Å²) >= 11 is 0. The maximum Gasteiger partial charge on any atom is 0.254 e. The number of nitrogens with one attached hydrogen (secondary N) is 2. The molecule has 0 aromatic heterocycles. The lowest BCUT2D eigenvalue weighted by Gasteiger charge is -2.34. The lowest BCUT2D eigenvalue weighted by molar-refractivity contribution is -0.130. The highest BCUT2D eigenvalue weighted by atomic mass is 16.2. The molecule has 140 valence electrons. The molecular weight excluding hydrogens is 338 g/mol. The first-order valence-corrected chi connectivity index (χ1v) is 9.55. The number of carbonyl (C=O) groups is 2. The van der Waals surface area contributed by atoms with Crippen LogP contribution in [0.4, 0.5) is 0 Å². The van der Waals surface area contributed by atoms with Gasteiger partial charge in [0.25, 0.3) is 5.91 Å². The fraction of sp³-hybridized carbons (Fsp3) is 0.364. The third kappa shape index (κ3) is 3.35. The van der Waals surface area contributed by atoms with E-state index in [1.54, 1.807) is 17.0 Å². The average Bonchev–Trinajstić information content (AvgIpc) is 3.32. The maximum absolute atomic E-state index is 13.0. The highest BCUT2D eigenvalue weighted by Gasteiger charge is 2.45. The van der Waals surface area contributed by atoms with Gasteiger partial charge in [-0.1, -0.05) is 36.4 Å². The van der Waals surface area contributed by atoms with Crippen molar-refractivity contribution < 1.29 is 9.59 Å². The summed E-state index contributed by atoms with van der Waals surface area (Å²) in [5, 5.41) is 6.39. The van der Waals surface area contributed by atoms with Crippen molar-refractivity contribution >= 4 is 11.8 Å². The Bertz CT molecular complexity index is 865. The first kappa shape index (κ1) is 17.7. The summed E-state index contributed by atoms with van der Waals surface area (Å²) in [6, 6.07) is 15.5. The minimum absolute atomic E-state index is 0.0747. The predicted molar refractivity (Wildman–Crippen MR) is 104 cm³/mol. The van der Waals surface area contributed by atoms with E-state index < -0.39 is 5.54 Å². The molecule has 27 heavy (non-hydrogen) atoms. The lowest BCUT2D eigenvalue weighted by atomic mass is 9.96. The smallest absolute Gasteiger partial charge is 0.254 e. The zero-order chi connectivity index (χ0) is 18.9. The second-order valence-electron chi connectivity index (χ2n) is 7.59. The predicted octanol–water partition coefficient (Wildman–Crippen LogP) is 2.60. The molecule has 2 amide bonds. The molecule has 2 N–H and O–H groups in total. The van der Waals surface area contributed by atoms with Crippen LogP contribution < -0.4 is 10.6 Å². The van der Waals surface area contributed by atoms with Gasteiger partial charge in [0, 0.05) is 31.7 Å². The number of fused-ring (bicyclic) bond motifs is 1. The summed E-state index contributed by atoms with van der Waals surface area (Å²) in [6.07, 6.45) is 1.53. The van der Waals surface area contributed by atoms with Crippen LogP contribution in [-0.2, 0) is 24.4 Å². The second-order valence-corrected chi connectivity index (χ2v) is 7.59. The number of hydrogen-bond donors (Lipinski definition) is 2. The van der Waals surface area contributed by atoms with Crippen LogP contribution in [-0.4, -0.2) is 28.8 Å². The fourth-order valence-electron chi connectivity index (χ4n) is 4.09. The summed E-state index contributed by atoms with van der Waals surface area (Å²) in [5.74, 6) is -0.155. The van der Waals surface area contributed by atoms with Crippen LogP contribution in [0.3, 0.4) is 0 Å². The third-order valence-electron chi connectivity index (χ3n) is 5.75. The molecule has 0 saturated carbocycles. The van der Waals surface area contributed by atoms with Crippen LogP contribution in [0.15, 0.2) is 48.5 Å². The van der Waals surface area contributed by atoms with E-state index in [9.17, 15) is 9.59 Å². The van der Waals surface area contributed by atoms with Crippen molar-refractivity contribution in [2.75, 3.05) is 6.54 Å². The van der Waals surface area contributed by atoms with Crippen molar-refractivity contribution in [3.8, 4) is 0 Å². The minimum Gasteiger partial charge on any atom is -0.350 e. The van der Waals surface area contributed by atoms with Gasteiger partial charge in [-0.05, 0) is 48.6 Å². The Morgan fingerprint density at radius 3 is 2.70 bits per heavy atom. The van der Waals surface area contributed by atoms with Gasteiger partial charge in [-0.2, -0.15) is 0 Å². The van der Waals surface area contributed by atoms with E-state index in [4.69, 9.17) is 0 Å². The van der Waals surface area contributed by atoms with E-state index in [-0.39, 0.29) is 11.8 Å². The number of nitrogens with zero attached hydrogens (tertiary/aromatic N) is 1. The summed E-state index contributed by atoms with van der Waals surface area (Å²) in [7, 11) is 0. The van der Waals surface area contributed by atoms with E-state index >= 15 is 0 Å². The number of carbonyl (C=O) groups excluding carboxylic acids is 2. The van der Waals surface area contributed by atoms with E-state index in [2.05, 4.69) is 28.8 Å². The molecular formula is C22H25N3O2. The van der Waals surface area contributed by atoms with Crippen molar-refractivity contribution in [2.24, 2.45) is 0 Å². The van der Waals surface area contributed by atoms with Crippen molar-refractivity contribution in [3.05, 3.63) is 70.8 Å². The molecule has 0 spiro atoms. The average molecular weight is 363 g/mol. The zero-order valence-corrected chi connectivity index (χ0v) is 15.6. The molecule has 1 fully saturated rings. The molecule has 0 radical (unpaired) electrons. The van der Waals surface area contributed by atoms with Gasteiger partial charge in [-0.15, -0.1) is 0 Å². The summed E-state index contributed by atoms with van der Waals surface area (Å²) in [4.78, 5) is 27.6. The topological polar surface area (TPSA) is 61.4 Å². The number of likely N-dealkylation sites (tertiary alicyclic amines) is 1. The number of benzene rings is 2. The van der Waals surface area contributed by atoms with Crippen LogP contribution in [0.5, 0.6) is 0 Å². The summed E-state index contributed by atoms with van der Waals surface area (Å²) in [6.45, 7) is 4.77. The van der Waals surface area contributed by atoms with Gasteiger partial charge in [0.2, 0.25) is 5.91 Å². The van der Waals surface area contributed by atoms with Gasteiger partial charge in [0.05, 0.1) is 0 Å². The summed E-state index contributed by atoms with van der Waals surface area (Å²) in [5.41, 5.74) is 3.55. The standard InChI is InChI=1S/C22H25N3O2/c1-22(10-5-11-25(22)20(26)17-6-3-2-4-7-17)21(27)24-13-16-8-9-18-14-23-15-19(18)12-16/h2-4,6-9,12,23H,5,10-11,13-15H2,1H3,(H,24,27). The fourth-order valence-corrected chi connectivity index (χ4v) is 4.09. The maximum atomic E-state index is 13.0. The second kappa shape index (κ2) is 7.16. The van der Waals surface area contributed by atoms with Gasteiger partial charge in [0.15, 0.2) is 0 Å². The Morgan fingerprint density at radius 1 is 1.11 bits per heavy atom. The first-order valence-electron chi connectivity index (χ1n) is 9.55. The molecule has 5 nitrogen and oxygen atoms in total. The lowest BCUT2D eigenvalue weighted by Crippen LogP contribution is -2.55. The Morgan fingerprint density at radius 2 is 1.89 bits per heavy atom. The van der Waals surface area contributed by atoms with Crippen LogP contribution in [0.25, 0.3) is 0 Å². The minimum atomic E-state index is -0.800. The quantitative estimate of drug-likeness (QED) is 0.878. The zero-order valence-electron chi connectivity index (χ0n) is 15.6. The molecule has 2 aromatic rings. The van der Waals surface area contributed by atoms with E-state index in [0.717, 1.165) is 25.1 Å². The Balaban J connectivity index is 1.46. The monoisotopic (exact) mass is 363 g/mol. The van der Waals surface area contributed by atoms with Crippen LogP contribution in [0.1, 0.15) is 46.8 Å². The number of hydrogen-bond acceptors (Lipinski definition) is 3.